The highest BCUT2D eigenvalue weighted by molar-refractivity contribution is 5.74. The van der Waals surface area contributed by atoms with Gasteiger partial charge in [-0.2, -0.15) is 0 Å². The van der Waals surface area contributed by atoms with Gasteiger partial charge in [-0.3, -0.25) is 0 Å². The van der Waals surface area contributed by atoms with Crippen LogP contribution in [0.5, 0.6) is 0 Å². The van der Waals surface area contributed by atoms with E-state index in [1.165, 1.54) is 25.7 Å². The van der Waals surface area contributed by atoms with Gasteiger partial charge in [-0.05, 0) is 49.7 Å². The number of benzene rings is 1. The minimum atomic E-state index is 0.0306. The monoisotopic (exact) mass is 325 g/mol. The second kappa shape index (κ2) is 6.63. The van der Waals surface area contributed by atoms with E-state index in [1.54, 1.807) is 4.68 Å². The summed E-state index contributed by atoms with van der Waals surface area (Å²) in [5.41, 5.74) is 1.73. The maximum atomic E-state index is 12.5. The van der Waals surface area contributed by atoms with Crippen LogP contribution in [0.25, 0.3) is 5.69 Å². The van der Waals surface area contributed by atoms with Crippen LogP contribution < -0.4 is 5.32 Å². The van der Waals surface area contributed by atoms with E-state index in [4.69, 9.17) is 0 Å². The van der Waals surface area contributed by atoms with Crippen molar-refractivity contribution in [2.45, 2.75) is 32.2 Å². The Morgan fingerprint density at radius 3 is 2.42 bits per heavy atom. The van der Waals surface area contributed by atoms with Crippen LogP contribution in [-0.4, -0.2) is 39.0 Å². The van der Waals surface area contributed by atoms with Crippen LogP contribution in [0.1, 0.15) is 31.4 Å². The summed E-state index contributed by atoms with van der Waals surface area (Å²) in [5, 5.41) is 11.3. The molecule has 2 aliphatic rings. The highest BCUT2D eigenvalue weighted by atomic mass is 16.2. The standard InChI is InChI=1S/C18H23N5O/c24-18(22(11-14-6-7-14)12-15-8-9-15)19-10-16-13-23(21-20-16)17-4-2-1-3-5-17/h1-5,13-15H,6-12H2,(H,19,24). The van der Waals surface area contributed by atoms with Crippen molar-refractivity contribution in [3.63, 3.8) is 0 Å². The first-order valence-electron chi connectivity index (χ1n) is 8.77. The largest absolute Gasteiger partial charge is 0.332 e. The van der Waals surface area contributed by atoms with Gasteiger partial charge in [0.15, 0.2) is 0 Å². The zero-order chi connectivity index (χ0) is 16.4. The van der Waals surface area contributed by atoms with Crippen LogP contribution in [0, 0.1) is 11.8 Å². The average Bonchev–Trinajstić information content (AvgIpc) is 3.54. The number of amides is 2. The SMILES string of the molecule is O=C(NCc1cn(-c2ccccc2)nn1)N(CC1CC1)CC1CC1. The number of para-hydroxylation sites is 1. The third-order valence-electron chi connectivity index (χ3n) is 4.62. The lowest BCUT2D eigenvalue weighted by Gasteiger charge is -2.22. The van der Waals surface area contributed by atoms with Gasteiger partial charge >= 0.3 is 6.03 Å². The molecule has 0 atom stereocenters. The molecular weight excluding hydrogens is 302 g/mol. The van der Waals surface area contributed by atoms with Gasteiger partial charge < -0.3 is 10.2 Å². The van der Waals surface area contributed by atoms with Gasteiger partial charge in [0.2, 0.25) is 0 Å². The summed E-state index contributed by atoms with van der Waals surface area (Å²) in [6, 6.07) is 9.88. The summed E-state index contributed by atoms with van der Waals surface area (Å²) in [7, 11) is 0. The van der Waals surface area contributed by atoms with Gasteiger partial charge in [0.25, 0.3) is 0 Å². The number of hydrogen-bond acceptors (Lipinski definition) is 3. The molecule has 1 aromatic carbocycles. The lowest BCUT2D eigenvalue weighted by molar-refractivity contribution is 0.192. The summed E-state index contributed by atoms with van der Waals surface area (Å²) < 4.78 is 1.73. The minimum absolute atomic E-state index is 0.0306. The Balaban J connectivity index is 1.33. The number of carbonyl (C=O) groups is 1. The van der Waals surface area contributed by atoms with Crippen molar-refractivity contribution < 1.29 is 4.79 Å². The predicted octanol–water partition coefficient (Wildman–Crippen LogP) is 2.60. The average molecular weight is 325 g/mol. The molecule has 4 rings (SSSR count). The van der Waals surface area contributed by atoms with Crippen molar-refractivity contribution in [1.29, 1.82) is 0 Å². The van der Waals surface area contributed by atoms with Crippen molar-refractivity contribution >= 4 is 6.03 Å². The Morgan fingerprint density at radius 1 is 1.12 bits per heavy atom. The van der Waals surface area contributed by atoms with E-state index in [0.717, 1.165) is 24.5 Å². The number of carbonyl (C=O) groups excluding carboxylic acids is 1. The molecular formula is C18H23N5O. The quantitative estimate of drug-likeness (QED) is 0.851. The molecule has 0 unspecified atom stereocenters. The molecule has 1 aromatic heterocycles. The third-order valence-corrected chi connectivity index (χ3v) is 4.62. The highest BCUT2D eigenvalue weighted by Gasteiger charge is 2.31. The van der Waals surface area contributed by atoms with Gasteiger partial charge in [-0.1, -0.05) is 23.4 Å². The van der Waals surface area contributed by atoms with Gasteiger partial charge in [0.05, 0.1) is 18.4 Å². The smallest absolute Gasteiger partial charge is 0.317 e. The van der Waals surface area contributed by atoms with Crippen molar-refractivity contribution in [3.8, 4) is 5.69 Å². The molecule has 0 spiro atoms. The third kappa shape index (κ3) is 3.93. The molecule has 24 heavy (non-hydrogen) atoms. The molecule has 2 aliphatic carbocycles. The molecule has 2 amide bonds. The van der Waals surface area contributed by atoms with Gasteiger partial charge in [0, 0.05) is 13.1 Å². The summed E-state index contributed by atoms with van der Waals surface area (Å²) in [6.07, 6.45) is 6.92. The molecule has 2 aromatic rings. The molecule has 2 saturated carbocycles. The van der Waals surface area contributed by atoms with E-state index >= 15 is 0 Å². The Kier molecular flexibility index (Phi) is 4.19. The number of rotatable bonds is 7. The first-order valence-corrected chi connectivity index (χ1v) is 8.77. The minimum Gasteiger partial charge on any atom is -0.332 e. The maximum Gasteiger partial charge on any atom is 0.317 e. The fourth-order valence-electron chi connectivity index (χ4n) is 2.83. The molecule has 0 radical (unpaired) electrons. The normalized spacial score (nSPS) is 16.8. The van der Waals surface area contributed by atoms with Gasteiger partial charge in [-0.15, -0.1) is 5.10 Å². The molecule has 1 N–H and O–H groups in total. The van der Waals surface area contributed by atoms with E-state index in [0.29, 0.717) is 18.4 Å². The van der Waals surface area contributed by atoms with Crippen LogP contribution in [0.15, 0.2) is 36.5 Å². The van der Waals surface area contributed by atoms with Crippen LogP contribution in [0.3, 0.4) is 0 Å². The number of hydrogen-bond donors (Lipinski definition) is 1. The Labute approximate surface area is 141 Å². The molecule has 0 aliphatic heterocycles. The zero-order valence-electron chi connectivity index (χ0n) is 13.8. The van der Waals surface area contributed by atoms with E-state index in [2.05, 4.69) is 15.6 Å². The number of nitrogens with one attached hydrogen (secondary N) is 1. The molecule has 0 bridgehead atoms. The topological polar surface area (TPSA) is 63.1 Å². The first-order chi connectivity index (χ1) is 11.8. The highest BCUT2D eigenvalue weighted by Crippen LogP contribution is 2.33. The van der Waals surface area contributed by atoms with Crippen molar-refractivity contribution in [2.24, 2.45) is 11.8 Å². The molecule has 0 saturated heterocycles. The number of aromatic nitrogens is 3. The number of nitrogens with zero attached hydrogens (tertiary/aromatic N) is 4. The lowest BCUT2D eigenvalue weighted by atomic mass is 10.3. The van der Waals surface area contributed by atoms with Crippen LogP contribution in [0.2, 0.25) is 0 Å². The van der Waals surface area contributed by atoms with Crippen LogP contribution in [0.4, 0.5) is 4.79 Å². The van der Waals surface area contributed by atoms with Crippen molar-refractivity contribution in [3.05, 3.63) is 42.2 Å². The van der Waals surface area contributed by atoms with Crippen LogP contribution in [-0.2, 0) is 6.54 Å². The maximum absolute atomic E-state index is 12.5. The summed E-state index contributed by atoms with van der Waals surface area (Å²) in [4.78, 5) is 14.5. The van der Waals surface area contributed by atoms with E-state index in [1.807, 2.05) is 41.4 Å². The molecule has 126 valence electrons. The fraction of sp³-hybridized carbons (Fsp3) is 0.500. The predicted molar refractivity (Wildman–Crippen MR) is 90.6 cm³/mol. The lowest BCUT2D eigenvalue weighted by Crippen LogP contribution is -2.42. The van der Waals surface area contributed by atoms with Gasteiger partial charge in [-0.25, -0.2) is 9.48 Å². The summed E-state index contributed by atoms with van der Waals surface area (Å²) in [6.45, 7) is 2.22. The summed E-state index contributed by atoms with van der Waals surface area (Å²) in [5.74, 6) is 1.43. The Morgan fingerprint density at radius 2 is 1.79 bits per heavy atom. The van der Waals surface area contributed by atoms with E-state index in [9.17, 15) is 4.79 Å². The Hall–Kier alpha value is -2.37. The molecule has 1 heterocycles. The van der Waals surface area contributed by atoms with Crippen LogP contribution >= 0.6 is 0 Å². The molecule has 6 nitrogen and oxygen atoms in total. The van der Waals surface area contributed by atoms with E-state index < -0.39 is 0 Å². The van der Waals surface area contributed by atoms with E-state index in [-0.39, 0.29) is 6.03 Å². The summed E-state index contributed by atoms with van der Waals surface area (Å²) >= 11 is 0. The van der Waals surface area contributed by atoms with Crippen molar-refractivity contribution in [2.75, 3.05) is 13.1 Å². The van der Waals surface area contributed by atoms with Gasteiger partial charge in [0.1, 0.15) is 5.69 Å². The van der Waals surface area contributed by atoms with Crippen molar-refractivity contribution in [1.82, 2.24) is 25.2 Å². The zero-order valence-corrected chi connectivity index (χ0v) is 13.8. The number of urea groups is 1. The molecule has 6 heteroatoms. The fourth-order valence-corrected chi connectivity index (χ4v) is 2.83. The second-order valence-electron chi connectivity index (χ2n) is 6.94. The molecule has 2 fully saturated rings. The Bertz CT molecular complexity index is 676. The first kappa shape index (κ1) is 15.2. The second-order valence-corrected chi connectivity index (χ2v) is 6.94.